The van der Waals surface area contributed by atoms with Crippen molar-refractivity contribution >= 4 is 12.2 Å². The van der Waals surface area contributed by atoms with Gasteiger partial charge in [-0.25, -0.2) is 4.99 Å². The average molecular weight is 211 g/mol. The highest BCUT2D eigenvalue weighted by Crippen LogP contribution is 2.03. The van der Waals surface area contributed by atoms with Crippen LogP contribution in [-0.4, -0.2) is 43.9 Å². The molecular weight excluding hydrogens is 190 g/mol. The van der Waals surface area contributed by atoms with E-state index in [9.17, 15) is 0 Å². The number of hydrogen-bond donors (Lipinski definition) is 1. The fourth-order valence-electron chi connectivity index (χ4n) is 1.17. The van der Waals surface area contributed by atoms with Crippen LogP contribution in [0.5, 0.6) is 0 Å². The highest BCUT2D eigenvalue weighted by molar-refractivity contribution is 5.97. The van der Waals surface area contributed by atoms with Gasteiger partial charge in [0.1, 0.15) is 12.2 Å². The molecule has 0 aromatic rings. The largest absolute Gasteiger partial charge is 0.385 e. The fourth-order valence-corrected chi connectivity index (χ4v) is 1.17. The molecule has 0 aliphatic heterocycles. The van der Waals surface area contributed by atoms with Gasteiger partial charge in [-0.05, 0) is 26.3 Å². The number of nitrogens with zero attached hydrogens (tertiary/aromatic N) is 2. The van der Waals surface area contributed by atoms with E-state index in [2.05, 4.69) is 11.9 Å². The summed E-state index contributed by atoms with van der Waals surface area (Å²) in [7, 11) is 3.67. The van der Waals surface area contributed by atoms with Crippen molar-refractivity contribution < 1.29 is 4.74 Å². The molecule has 0 aromatic heterocycles. The molecule has 0 rings (SSSR count). The molecule has 1 N–H and O–H groups in total. The van der Waals surface area contributed by atoms with E-state index in [4.69, 9.17) is 10.1 Å². The summed E-state index contributed by atoms with van der Waals surface area (Å²) in [6, 6.07) is 0.347. The van der Waals surface area contributed by atoms with Crippen molar-refractivity contribution in [2.45, 2.75) is 26.3 Å². The zero-order chi connectivity index (χ0) is 11.7. The lowest BCUT2D eigenvalue weighted by atomic mass is 10.2. The van der Waals surface area contributed by atoms with E-state index in [1.807, 2.05) is 31.0 Å². The molecule has 0 spiro atoms. The standard InChI is InChI=1S/C11H21N3O/c1-5-6-11(13-9-12)14(3)10(2)7-8-15-4/h5-6,9-10,12H,7-8H2,1-4H3/b6-5+,12-9?,13-11+. The van der Waals surface area contributed by atoms with Crippen molar-refractivity contribution in [3.05, 3.63) is 12.2 Å². The van der Waals surface area contributed by atoms with Crippen molar-refractivity contribution in [1.82, 2.24) is 4.90 Å². The molecule has 0 heterocycles. The lowest BCUT2D eigenvalue weighted by Crippen LogP contribution is -2.34. The summed E-state index contributed by atoms with van der Waals surface area (Å²) in [5.74, 6) is 0.802. The number of nitrogens with one attached hydrogen (secondary N) is 1. The summed E-state index contributed by atoms with van der Waals surface area (Å²) >= 11 is 0. The van der Waals surface area contributed by atoms with Crippen molar-refractivity contribution in [1.29, 1.82) is 5.41 Å². The number of allylic oxidation sites excluding steroid dienone is 1. The van der Waals surface area contributed by atoms with Gasteiger partial charge in [-0.3, -0.25) is 5.41 Å². The number of methoxy groups -OCH3 is 1. The Morgan fingerprint density at radius 2 is 2.27 bits per heavy atom. The second kappa shape index (κ2) is 8.17. The van der Waals surface area contributed by atoms with Crippen LogP contribution in [0.1, 0.15) is 20.3 Å². The van der Waals surface area contributed by atoms with E-state index in [0.717, 1.165) is 25.2 Å². The van der Waals surface area contributed by atoms with Crippen LogP contribution < -0.4 is 0 Å². The van der Waals surface area contributed by atoms with Gasteiger partial charge in [-0.15, -0.1) is 0 Å². The van der Waals surface area contributed by atoms with Gasteiger partial charge in [-0.1, -0.05) is 6.08 Å². The molecule has 4 heteroatoms. The predicted molar refractivity (Wildman–Crippen MR) is 64.8 cm³/mol. The number of hydrogen-bond acceptors (Lipinski definition) is 2. The first-order valence-electron chi connectivity index (χ1n) is 5.08. The Kier molecular flexibility index (Phi) is 7.54. The Labute approximate surface area is 92.2 Å². The lowest BCUT2D eigenvalue weighted by Gasteiger charge is -2.26. The summed E-state index contributed by atoms with van der Waals surface area (Å²) in [4.78, 5) is 6.05. The topological polar surface area (TPSA) is 48.7 Å². The quantitative estimate of drug-likeness (QED) is 0.539. The minimum Gasteiger partial charge on any atom is -0.385 e. The minimum absolute atomic E-state index is 0.347. The summed E-state index contributed by atoms with van der Waals surface area (Å²) in [6.07, 6.45) is 5.83. The van der Waals surface area contributed by atoms with Crippen molar-refractivity contribution in [2.24, 2.45) is 4.99 Å². The molecule has 0 amide bonds. The maximum atomic E-state index is 6.99. The third-order valence-electron chi connectivity index (χ3n) is 2.27. The van der Waals surface area contributed by atoms with Crippen LogP contribution in [0.15, 0.2) is 17.1 Å². The molecule has 86 valence electrons. The maximum Gasteiger partial charge on any atom is 0.129 e. The first-order valence-corrected chi connectivity index (χ1v) is 5.08. The lowest BCUT2D eigenvalue weighted by molar-refractivity contribution is 0.173. The zero-order valence-electron chi connectivity index (χ0n) is 10.0. The van der Waals surface area contributed by atoms with Crippen LogP contribution in [0, 0.1) is 5.41 Å². The number of rotatable bonds is 6. The fraction of sp³-hybridized carbons (Fsp3) is 0.636. The first-order chi connectivity index (χ1) is 7.17. The maximum absolute atomic E-state index is 6.99. The van der Waals surface area contributed by atoms with Gasteiger partial charge in [-0.2, -0.15) is 0 Å². The first kappa shape index (κ1) is 13.8. The second-order valence-electron chi connectivity index (χ2n) is 3.36. The monoisotopic (exact) mass is 211 g/mol. The molecule has 0 radical (unpaired) electrons. The van der Waals surface area contributed by atoms with E-state index < -0.39 is 0 Å². The molecular formula is C11H21N3O. The summed E-state index contributed by atoms with van der Waals surface area (Å²) in [5.41, 5.74) is 0. The third-order valence-corrected chi connectivity index (χ3v) is 2.27. The molecule has 0 aliphatic carbocycles. The molecule has 0 saturated carbocycles. The molecule has 0 saturated heterocycles. The van der Waals surface area contributed by atoms with Gasteiger partial charge in [0.15, 0.2) is 0 Å². The molecule has 15 heavy (non-hydrogen) atoms. The number of amidine groups is 1. The second-order valence-corrected chi connectivity index (χ2v) is 3.36. The Morgan fingerprint density at radius 3 is 2.73 bits per heavy atom. The van der Waals surface area contributed by atoms with E-state index in [1.165, 1.54) is 0 Å². The van der Waals surface area contributed by atoms with Gasteiger partial charge in [0, 0.05) is 26.8 Å². The van der Waals surface area contributed by atoms with Gasteiger partial charge in [0.25, 0.3) is 0 Å². The minimum atomic E-state index is 0.347. The highest BCUT2D eigenvalue weighted by Gasteiger charge is 2.10. The Hall–Kier alpha value is -1.16. The summed E-state index contributed by atoms with van der Waals surface area (Å²) in [5, 5.41) is 6.99. The van der Waals surface area contributed by atoms with Crippen molar-refractivity contribution in [3.63, 3.8) is 0 Å². The number of likely N-dealkylation sites (N-methyl/N-ethyl adjacent to an activating group) is 1. The molecule has 1 unspecified atom stereocenters. The molecule has 4 nitrogen and oxygen atoms in total. The summed E-state index contributed by atoms with van der Waals surface area (Å²) in [6.45, 7) is 4.79. The van der Waals surface area contributed by atoms with Crippen LogP contribution in [0.3, 0.4) is 0 Å². The van der Waals surface area contributed by atoms with Crippen LogP contribution in [-0.2, 0) is 4.74 Å². The highest BCUT2D eigenvalue weighted by atomic mass is 16.5. The Bertz CT molecular complexity index is 236. The van der Waals surface area contributed by atoms with E-state index in [1.54, 1.807) is 7.11 Å². The average Bonchev–Trinajstić information content (AvgIpc) is 2.24. The van der Waals surface area contributed by atoms with Gasteiger partial charge < -0.3 is 9.64 Å². The molecule has 0 fully saturated rings. The van der Waals surface area contributed by atoms with Gasteiger partial charge in [0.05, 0.1) is 0 Å². The van der Waals surface area contributed by atoms with Crippen LogP contribution in [0.4, 0.5) is 0 Å². The zero-order valence-corrected chi connectivity index (χ0v) is 10.0. The van der Waals surface area contributed by atoms with Crippen LogP contribution in [0.25, 0.3) is 0 Å². The molecule has 0 bridgehead atoms. The van der Waals surface area contributed by atoms with Gasteiger partial charge in [0.2, 0.25) is 0 Å². The Morgan fingerprint density at radius 1 is 1.60 bits per heavy atom. The van der Waals surface area contributed by atoms with Crippen LogP contribution in [0.2, 0.25) is 0 Å². The SMILES string of the molecule is C/C=C/C(=N\C=N)N(C)C(C)CCOC. The third kappa shape index (κ3) is 5.32. The summed E-state index contributed by atoms with van der Waals surface area (Å²) < 4.78 is 5.03. The van der Waals surface area contributed by atoms with Crippen molar-refractivity contribution in [2.75, 3.05) is 20.8 Å². The smallest absolute Gasteiger partial charge is 0.129 e. The molecule has 0 aromatic carbocycles. The predicted octanol–water partition coefficient (Wildman–Crippen LogP) is 1.92. The molecule has 0 aliphatic rings. The van der Waals surface area contributed by atoms with E-state index in [-0.39, 0.29) is 0 Å². The van der Waals surface area contributed by atoms with Crippen molar-refractivity contribution in [3.8, 4) is 0 Å². The Balaban J connectivity index is 4.41. The molecule has 1 atom stereocenters. The van der Waals surface area contributed by atoms with E-state index in [0.29, 0.717) is 6.04 Å². The number of aliphatic imine (C=N–C) groups is 1. The number of ether oxygens (including phenoxy) is 1. The van der Waals surface area contributed by atoms with E-state index >= 15 is 0 Å². The normalized spacial score (nSPS) is 14.3. The van der Waals surface area contributed by atoms with Crippen LogP contribution >= 0.6 is 0 Å². The van der Waals surface area contributed by atoms with Gasteiger partial charge >= 0.3 is 0 Å².